The van der Waals surface area contributed by atoms with E-state index < -0.39 is 17.4 Å². The Morgan fingerprint density at radius 3 is 2.19 bits per heavy atom. The van der Waals surface area contributed by atoms with Gasteiger partial charge in [-0.3, -0.25) is 0 Å². The Balaban J connectivity index is 2.65. The first-order valence-electron chi connectivity index (χ1n) is 7.92. The molecule has 0 aromatic rings. The van der Waals surface area contributed by atoms with Gasteiger partial charge in [-0.1, -0.05) is 47.5 Å². The van der Waals surface area contributed by atoms with Crippen LogP contribution in [0.3, 0.4) is 0 Å². The Labute approximate surface area is 127 Å². The van der Waals surface area contributed by atoms with Crippen molar-refractivity contribution >= 4 is 12.0 Å². The number of aliphatic carboxylic acids is 1. The number of carbonyl (C=O) groups excluding carboxylic acids is 1. The van der Waals surface area contributed by atoms with Crippen molar-refractivity contribution in [3.63, 3.8) is 0 Å². The summed E-state index contributed by atoms with van der Waals surface area (Å²) in [5.41, 5.74) is -0.521. The van der Waals surface area contributed by atoms with Crippen molar-refractivity contribution in [3.8, 4) is 0 Å². The molecule has 1 fully saturated rings. The molecule has 0 aromatic heterocycles. The van der Waals surface area contributed by atoms with Gasteiger partial charge in [0.05, 0.1) is 0 Å². The second kappa shape index (κ2) is 7.14. The summed E-state index contributed by atoms with van der Waals surface area (Å²) in [6, 6.07) is -1.11. The van der Waals surface area contributed by atoms with Crippen LogP contribution in [0.15, 0.2) is 0 Å². The van der Waals surface area contributed by atoms with E-state index in [1.165, 1.54) is 6.42 Å². The molecule has 5 heteroatoms. The lowest BCUT2D eigenvalue weighted by Crippen LogP contribution is -2.55. The van der Waals surface area contributed by atoms with E-state index >= 15 is 0 Å². The van der Waals surface area contributed by atoms with Crippen LogP contribution < -0.4 is 10.6 Å². The van der Waals surface area contributed by atoms with Gasteiger partial charge in [0, 0.05) is 6.04 Å². The number of carboxylic acids is 1. The van der Waals surface area contributed by atoms with Crippen LogP contribution in [-0.2, 0) is 4.79 Å². The third-order valence-electron chi connectivity index (χ3n) is 4.38. The molecule has 5 nitrogen and oxygen atoms in total. The summed E-state index contributed by atoms with van der Waals surface area (Å²) in [5, 5.41) is 14.9. The summed E-state index contributed by atoms with van der Waals surface area (Å²) in [7, 11) is 0. The van der Waals surface area contributed by atoms with Gasteiger partial charge in [0.25, 0.3) is 0 Å². The normalized spacial score (nSPS) is 24.5. The Morgan fingerprint density at radius 1 is 1.14 bits per heavy atom. The van der Waals surface area contributed by atoms with Crippen molar-refractivity contribution in [3.05, 3.63) is 0 Å². The minimum Gasteiger partial charge on any atom is -0.480 e. The number of carbonyl (C=O) groups is 2. The molecule has 1 aliphatic carbocycles. The summed E-state index contributed by atoms with van der Waals surface area (Å²) in [6.45, 7) is 9.78. The molecule has 122 valence electrons. The van der Waals surface area contributed by atoms with E-state index in [0.717, 1.165) is 19.3 Å². The lowest BCUT2D eigenvalue weighted by Gasteiger charge is -2.36. The van der Waals surface area contributed by atoms with Crippen LogP contribution in [0.25, 0.3) is 0 Å². The molecule has 0 spiro atoms. The quantitative estimate of drug-likeness (QED) is 0.746. The molecule has 0 aromatic carbocycles. The minimum atomic E-state index is -0.998. The fourth-order valence-corrected chi connectivity index (χ4v) is 3.13. The predicted molar refractivity (Wildman–Crippen MR) is 83.1 cm³/mol. The highest BCUT2D eigenvalue weighted by Gasteiger charge is 2.34. The summed E-state index contributed by atoms with van der Waals surface area (Å²) in [6.07, 6.45) is 4.44. The molecular weight excluding hydrogens is 268 g/mol. The molecule has 2 amide bonds. The largest absolute Gasteiger partial charge is 0.480 e. The first-order chi connectivity index (χ1) is 9.62. The maximum atomic E-state index is 12.2. The molecule has 1 saturated carbocycles. The third-order valence-corrected chi connectivity index (χ3v) is 4.38. The van der Waals surface area contributed by atoms with Crippen LogP contribution in [0.2, 0.25) is 0 Å². The molecule has 2 unspecified atom stereocenters. The zero-order valence-electron chi connectivity index (χ0n) is 13.9. The number of urea groups is 1. The molecule has 0 radical (unpaired) electrons. The van der Waals surface area contributed by atoms with Gasteiger partial charge in [0.2, 0.25) is 0 Å². The smallest absolute Gasteiger partial charge is 0.326 e. The van der Waals surface area contributed by atoms with E-state index in [1.807, 2.05) is 20.8 Å². The van der Waals surface area contributed by atoms with Gasteiger partial charge >= 0.3 is 12.0 Å². The number of carboxylic acid groups (broad SMARTS) is 1. The molecule has 0 saturated heterocycles. The highest BCUT2D eigenvalue weighted by molar-refractivity contribution is 5.83. The molecule has 3 atom stereocenters. The van der Waals surface area contributed by atoms with Crippen LogP contribution in [-0.4, -0.2) is 29.2 Å². The van der Waals surface area contributed by atoms with E-state index in [9.17, 15) is 14.7 Å². The van der Waals surface area contributed by atoms with Crippen molar-refractivity contribution < 1.29 is 14.7 Å². The van der Waals surface area contributed by atoms with Crippen molar-refractivity contribution in [1.82, 2.24) is 10.6 Å². The van der Waals surface area contributed by atoms with Crippen LogP contribution in [0.5, 0.6) is 0 Å². The number of hydrogen-bond acceptors (Lipinski definition) is 2. The first kappa shape index (κ1) is 17.8. The monoisotopic (exact) mass is 298 g/mol. The van der Waals surface area contributed by atoms with E-state index in [4.69, 9.17) is 0 Å². The molecular formula is C16H30N2O3. The standard InChI is InChI=1S/C16H30N2O3/c1-10(2)11-8-6-7-9-12(11)17-15(21)18-13(14(19)20)16(3,4)5/h10-13H,6-9H2,1-5H3,(H,19,20)(H2,17,18,21)/t11?,12?,13-/m0/s1. The molecule has 1 rings (SSSR count). The lowest BCUT2D eigenvalue weighted by atomic mass is 9.78. The Kier molecular flexibility index (Phi) is 6.05. The summed E-state index contributed by atoms with van der Waals surface area (Å²) < 4.78 is 0. The summed E-state index contributed by atoms with van der Waals surface area (Å²) >= 11 is 0. The van der Waals surface area contributed by atoms with Crippen LogP contribution >= 0.6 is 0 Å². The van der Waals surface area contributed by atoms with Gasteiger partial charge in [0.15, 0.2) is 0 Å². The van der Waals surface area contributed by atoms with Gasteiger partial charge in [-0.05, 0) is 30.1 Å². The number of rotatable bonds is 4. The lowest BCUT2D eigenvalue weighted by molar-refractivity contribution is -0.141. The van der Waals surface area contributed by atoms with Crippen molar-refractivity contribution in [2.24, 2.45) is 17.3 Å². The van der Waals surface area contributed by atoms with E-state index in [0.29, 0.717) is 11.8 Å². The number of amides is 2. The second-order valence-electron chi connectivity index (χ2n) is 7.55. The maximum absolute atomic E-state index is 12.2. The van der Waals surface area contributed by atoms with Crippen LogP contribution in [0, 0.1) is 17.3 Å². The van der Waals surface area contributed by atoms with Crippen molar-refractivity contribution in [2.45, 2.75) is 72.4 Å². The number of nitrogens with one attached hydrogen (secondary N) is 2. The van der Waals surface area contributed by atoms with Crippen molar-refractivity contribution in [2.75, 3.05) is 0 Å². The fraction of sp³-hybridized carbons (Fsp3) is 0.875. The first-order valence-corrected chi connectivity index (χ1v) is 7.92. The molecule has 1 aliphatic rings. The molecule has 0 heterocycles. The van der Waals surface area contributed by atoms with Gasteiger partial charge < -0.3 is 15.7 Å². The van der Waals surface area contributed by atoms with Gasteiger partial charge in [-0.25, -0.2) is 9.59 Å². The van der Waals surface area contributed by atoms with Gasteiger partial charge in [-0.2, -0.15) is 0 Å². The van der Waals surface area contributed by atoms with E-state index in [1.54, 1.807) is 0 Å². The summed E-state index contributed by atoms with van der Waals surface area (Å²) in [4.78, 5) is 23.5. The third kappa shape index (κ3) is 5.21. The highest BCUT2D eigenvalue weighted by atomic mass is 16.4. The van der Waals surface area contributed by atoms with Gasteiger partial charge in [-0.15, -0.1) is 0 Å². The Morgan fingerprint density at radius 2 is 1.71 bits per heavy atom. The maximum Gasteiger partial charge on any atom is 0.326 e. The molecule has 0 aliphatic heterocycles. The average molecular weight is 298 g/mol. The van der Waals surface area contributed by atoms with Crippen molar-refractivity contribution in [1.29, 1.82) is 0 Å². The SMILES string of the molecule is CC(C)C1CCCCC1NC(=O)N[C@@H](C(=O)O)C(C)(C)C. The Bertz CT molecular complexity index is 374. The second-order valence-corrected chi connectivity index (χ2v) is 7.55. The topological polar surface area (TPSA) is 78.4 Å². The minimum absolute atomic E-state index is 0.146. The molecule has 3 N–H and O–H groups in total. The number of hydrogen-bond donors (Lipinski definition) is 3. The molecule has 21 heavy (non-hydrogen) atoms. The van der Waals surface area contributed by atoms with E-state index in [-0.39, 0.29) is 12.1 Å². The predicted octanol–water partition coefficient (Wildman–Crippen LogP) is 3.00. The zero-order valence-corrected chi connectivity index (χ0v) is 13.9. The zero-order chi connectivity index (χ0) is 16.2. The average Bonchev–Trinajstić information content (AvgIpc) is 2.34. The van der Waals surface area contributed by atoms with Crippen LogP contribution in [0.1, 0.15) is 60.3 Å². The van der Waals surface area contributed by atoms with Gasteiger partial charge in [0.1, 0.15) is 6.04 Å². The molecule has 0 bridgehead atoms. The highest BCUT2D eigenvalue weighted by Crippen LogP contribution is 2.30. The van der Waals surface area contributed by atoms with Crippen LogP contribution in [0.4, 0.5) is 4.79 Å². The fourth-order valence-electron chi connectivity index (χ4n) is 3.13. The summed E-state index contributed by atoms with van der Waals surface area (Å²) in [5.74, 6) is -0.00222. The Hall–Kier alpha value is -1.26. The van der Waals surface area contributed by atoms with E-state index in [2.05, 4.69) is 24.5 Å².